The summed E-state index contributed by atoms with van der Waals surface area (Å²) in [6.45, 7) is 4.76. The lowest BCUT2D eigenvalue weighted by molar-refractivity contribution is -0.0429. The quantitative estimate of drug-likeness (QED) is 0.114. The Balaban J connectivity index is 1.14. The first-order valence-electron chi connectivity index (χ1n) is 9.27. The van der Waals surface area contributed by atoms with Crippen LogP contribution in [0.3, 0.4) is 0 Å². The second kappa shape index (κ2) is 17.1. The molecule has 0 N–H and O–H groups in total. The Morgan fingerprint density at radius 3 is 1.69 bits per heavy atom. The number of ether oxygens (including phenoxy) is 5. The fraction of sp³-hybridized carbons (Fsp3) is 1.00. The molecule has 1 atom stereocenters. The van der Waals surface area contributed by atoms with Crippen molar-refractivity contribution in [3.05, 3.63) is 0 Å². The van der Waals surface area contributed by atoms with Crippen LogP contribution in [0.15, 0.2) is 0 Å². The van der Waals surface area contributed by atoms with Crippen LogP contribution in [0, 0.1) is 5.92 Å². The van der Waals surface area contributed by atoms with Crippen LogP contribution in [-0.2, 0) is 23.7 Å². The van der Waals surface area contributed by atoms with Crippen molar-refractivity contribution < 1.29 is 23.7 Å². The highest BCUT2D eigenvalue weighted by Crippen LogP contribution is 2.32. The molecule has 0 radical (unpaired) electrons. The second-order valence-electron chi connectivity index (χ2n) is 6.06. The van der Waals surface area contributed by atoms with Gasteiger partial charge in [0.25, 0.3) is 0 Å². The summed E-state index contributed by atoms with van der Waals surface area (Å²) in [5.74, 6) is 7.44. The highest BCUT2D eigenvalue weighted by molar-refractivity contribution is 8.76. The van der Waals surface area contributed by atoms with E-state index in [9.17, 15) is 0 Å². The Bertz CT molecular complexity index is 290. The van der Waals surface area contributed by atoms with Crippen molar-refractivity contribution in [1.29, 1.82) is 0 Å². The molecule has 1 saturated heterocycles. The first kappa shape index (κ1) is 23.5. The summed E-state index contributed by atoms with van der Waals surface area (Å²) >= 11 is 3.88. The first-order chi connectivity index (χ1) is 12.9. The van der Waals surface area contributed by atoms with Gasteiger partial charge in [0.05, 0.1) is 39.1 Å². The molecule has 5 nitrogen and oxygen atoms in total. The third-order valence-corrected chi connectivity index (χ3v) is 8.10. The summed E-state index contributed by atoms with van der Waals surface area (Å²) < 4.78 is 26.9. The molecular weight excluding hydrogens is 412 g/mol. The van der Waals surface area contributed by atoms with Gasteiger partial charge >= 0.3 is 0 Å². The van der Waals surface area contributed by atoms with Crippen LogP contribution < -0.4 is 0 Å². The van der Waals surface area contributed by atoms with Gasteiger partial charge in [-0.05, 0) is 24.5 Å². The average molecular weight is 445 g/mol. The van der Waals surface area contributed by atoms with E-state index in [1.165, 1.54) is 18.6 Å². The smallest absolute Gasteiger partial charge is 0.146 e. The van der Waals surface area contributed by atoms with Gasteiger partial charge in [-0.3, -0.25) is 0 Å². The van der Waals surface area contributed by atoms with Crippen LogP contribution >= 0.6 is 45.1 Å². The maximum absolute atomic E-state index is 5.46. The van der Waals surface area contributed by atoms with Crippen molar-refractivity contribution in [3.63, 3.8) is 0 Å². The Morgan fingerprint density at radius 2 is 1.19 bits per heavy atom. The van der Waals surface area contributed by atoms with Crippen molar-refractivity contribution in [3.8, 4) is 0 Å². The molecule has 0 aromatic rings. The summed E-state index contributed by atoms with van der Waals surface area (Å²) in [7, 11) is 3.63. The largest absolute Gasteiger partial charge is 0.372 e. The molecule has 9 heteroatoms. The van der Waals surface area contributed by atoms with Gasteiger partial charge in [-0.1, -0.05) is 21.6 Å². The van der Waals surface area contributed by atoms with Gasteiger partial charge in [-0.2, -0.15) is 23.5 Å². The number of thioether (sulfide) groups is 2. The van der Waals surface area contributed by atoms with Crippen LogP contribution in [-0.4, -0.2) is 87.2 Å². The Hall–Kier alpha value is 1.20. The van der Waals surface area contributed by atoms with Gasteiger partial charge in [0.15, 0.2) is 0 Å². The number of hydrogen-bond acceptors (Lipinski definition) is 9. The van der Waals surface area contributed by atoms with E-state index in [4.69, 9.17) is 23.7 Å². The summed E-state index contributed by atoms with van der Waals surface area (Å²) in [4.78, 5) is 0. The van der Waals surface area contributed by atoms with Gasteiger partial charge in [0.1, 0.15) is 13.6 Å². The molecule has 2 rings (SSSR count). The molecule has 0 aromatic carbocycles. The summed E-state index contributed by atoms with van der Waals surface area (Å²) in [5.41, 5.74) is 0. The molecule has 26 heavy (non-hydrogen) atoms. The molecular formula is C17H32O5S4. The lowest BCUT2D eigenvalue weighted by atomic mass is 10.5. The Labute approximate surface area is 174 Å². The van der Waals surface area contributed by atoms with E-state index in [1.807, 2.05) is 45.1 Å². The third kappa shape index (κ3) is 16.2. The monoisotopic (exact) mass is 444 g/mol. The molecule has 0 spiro atoms. The highest BCUT2D eigenvalue weighted by Gasteiger charge is 2.21. The van der Waals surface area contributed by atoms with Crippen LogP contribution in [0.4, 0.5) is 0 Å². The third-order valence-electron chi connectivity index (χ3n) is 3.54. The van der Waals surface area contributed by atoms with Crippen LogP contribution in [0.25, 0.3) is 0 Å². The molecule has 1 aliphatic carbocycles. The van der Waals surface area contributed by atoms with Crippen LogP contribution in [0.2, 0.25) is 0 Å². The van der Waals surface area contributed by atoms with Gasteiger partial charge in [0.2, 0.25) is 0 Å². The van der Waals surface area contributed by atoms with E-state index < -0.39 is 0 Å². The zero-order valence-corrected chi connectivity index (χ0v) is 18.7. The molecule has 0 aromatic heterocycles. The SMILES string of the molecule is C(CSCC1CC1)OCOCCSSCCOCOCCSCC1CO1. The van der Waals surface area contributed by atoms with Gasteiger partial charge in [0, 0.05) is 28.8 Å². The minimum atomic E-state index is 0.394. The predicted molar refractivity (Wildman–Crippen MR) is 116 cm³/mol. The molecule has 154 valence electrons. The van der Waals surface area contributed by atoms with Gasteiger partial charge in [-0.25, -0.2) is 0 Å². The minimum Gasteiger partial charge on any atom is -0.372 e. The molecule has 0 bridgehead atoms. The van der Waals surface area contributed by atoms with Crippen molar-refractivity contribution in [2.75, 3.05) is 81.1 Å². The average Bonchev–Trinajstić information content (AvgIpc) is 3.54. The fourth-order valence-corrected chi connectivity index (χ4v) is 5.46. The standard InChI is InChI=1S/C17H32O5S4/c1-2-16(1)12-23-7-3-18-14-20-5-9-25-26-10-6-21-15-19-4-8-24-13-17-11-22-17/h16-17H,1-15H2. The van der Waals surface area contributed by atoms with Gasteiger partial charge < -0.3 is 23.7 Å². The predicted octanol–water partition coefficient (Wildman–Crippen LogP) is 3.62. The molecule has 1 saturated carbocycles. The highest BCUT2D eigenvalue weighted by atomic mass is 33.1. The van der Waals surface area contributed by atoms with E-state index in [2.05, 4.69) is 0 Å². The molecule has 2 aliphatic rings. The van der Waals surface area contributed by atoms with Crippen molar-refractivity contribution in [2.24, 2.45) is 5.92 Å². The van der Waals surface area contributed by atoms with E-state index in [0.29, 0.717) is 19.7 Å². The topological polar surface area (TPSA) is 49.5 Å². The molecule has 2 fully saturated rings. The number of rotatable bonds is 21. The van der Waals surface area contributed by atoms with Crippen LogP contribution in [0.5, 0.6) is 0 Å². The maximum Gasteiger partial charge on any atom is 0.146 e. The minimum absolute atomic E-state index is 0.394. The van der Waals surface area contributed by atoms with E-state index >= 15 is 0 Å². The summed E-state index contributed by atoms with van der Waals surface area (Å²) in [5, 5.41) is 0. The fourth-order valence-electron chi connectivity index (χ4n) is 1.81. The van der Waals surface area contributed by atoms with Crippen molar-refractivity contribution in [2.45, 2.75) is 18.9 Å². The lowest BCUT2D eigenvalue weighted by Crippen LogP contribution is -2.06. The summed E-state index contributed by atoms with van der Waals surface area (Å²) in [6, 6.07) is 0. The number of hydrogen-bond donors (Lipinski definition) is 0. The lowest BCUT2D eigenvalue weighted by Gasteiger charge is -2.06. The Kier molecular flexibility index (Phi) is 15.4. The molecule has 1 heterocycles. The van der Waals surface area contributed by atoms with Gasteiger partial charge in [-0.15, -0.1) is 0 Å². The van der Waals surface area contributed by atoms with E-state index in [-0.39, 0.29) is 0 Å². The van der Waals surface area contributed by atoms with E-state index in [0.717, 1.165) is 67.7 Å². The van der Waals surface area contributed by atoms with Crippen molar-refractivity contribution >= 4 is 45.1 Å². The normalized spacial score (nSPS) is 19.2. The Morgan fingerprint density at radius 1 is 0.692 bits per heavy atom. The molecule has 0 amide bonds. The van der Waals surface area contributed by atoms with E-state index in [1.54, 1.807) is 0 Å². The second-order valence-corrected chi connectivity index (χ2v) is 11.1. The zero-order valence-electron chi connectivity index (χ0n) is 15.4. The molecule has 1 unspecified atom stereocenters. The maximum atomic E-state index is 5.46. The summed E-state index contributed by atoms with van der Waals surface area (Å²) in [6.07, 6.45) is 3.37. The molecule has 1 aliphatic heterocycles. The number of epoxide rings is 1. The van der Waals surface area contributed by atoms with Crippen LogP contribution in [0.1, 0.15) is 12.8 Å². The first-order valence-corrected chi connectivity index (χ1v) is 14.1. The zero-order chi connectivity index (χ0) is 18.1. The van der Waals surface area contributed by atoms with Crippen molar-refractivity contribution in [1.82, 2.24) is 0 Å².